The Labute approximate surface area is 131 Å². The number of hydrogen-bond donors (Lipinski definition) is 0. The standard InChI is InChI=1S/C12H20N.C5H5.Ru/c1-5-13(10(2)3)11(4)12-8-6-7-9-12;1-2-4-5-3-1;/h6-11H,5H2,1-4H3;1-5H;/q-1;-5;. The molecule has 0 saturated heterocycles. The van der Waals surface area contributed by atoms with E-state index in [9.17, 15) is 0 Å². The van der Waals surface area contributed by atoms with Crippen LogP contribution >= 0.6 is 0 Å². The Balaban J connectivity index is 0.000000454. The molecule has 0 spiro atoms. The van der Waals surface area contributed by atoms with Gasteiger partial charge in [0.15, 0.2) is 0 Å². The molecule has 1 atom stereocenters. The minimum Gasteiger partial charge on any atom is -0.748 e. The van der Waals surface area contributed by atoms with Crippen LogP contribution in [0.3, 0.4) is 0 Å². The molecule has 2 rings (SSSR count). The van der Waals surface area contributed by atoms with Crippen molar-refractivity contribution in [2.75, 3.05) is 6.54 Å². The molecule has 2 aromatic rings. The molecular weight excluding hydrogens is 319 g/mol. The summed E-state index contributed by atoms with van der Waals surface area (Å²) in [5, 5.41) is 0. The maximum Gasteiger partial charge on any atom is 0.00337 e. The average molecular weight is 344 g/mol. The van der Waals surface area contributed by atoms with Crippen molar-refractivity contribution in [3.8, 4) is 0 Å². The molecule has 0 aromatic heterocycles. The van der Waals surface area contributed by atoms with E-state index in [0.29, 0.717) is 12.1 Å². The third-order valence-electron chi connectivity index (χ3n) is 3.25. The second kappa shape index (κ2) is 10.1. The van der Waals surface area contributed by atoms with Gasteiger partial charge in [-0.3, -0.25) is 0 Å². The molecule has 1 unspecified atom stereocenters. The van der Waals surface area contributed by atoms with Gasteiger partial charge in [0, 0.05) is 25.5 Å². The molecule has 112 valence electrons. The number of nitrogens with zero attached hydrogens (tertiary/aromatic N) is 1. The smallest absolute Gasteiger partial charge is 0.00337 e. The van der Waals surface area contributed by atoms with Crippen LogP contribution in [0.4, 0.5) is 0 Å². The Hall–Kier alpha value is -0.717. The zero-order chi connectivity index (χ0) is 13.4. The second-order valence-corrected chi connectivity index (χ2v) is 4.78. The van der Waals surface area contributed by atoms with E-state index in [2.05, 4.69) is 56.9 Å². The Morgan fingerprint density at radius 3 is 1.68 bits per heavy atom. The molecule has 0 aliphatic rings. The Morgan fingerprint density at radius 2 is 1.37 bits per heavy atom. The molecule has 0 fully saturated rings. The Bertz CT molecular complexity index is 358. The quantitative estimate of drug-likeness (QED) is 0.579. The summed E-state index contributed by atoms with van der Waals surface area (Å²) < 4.78 is 0. The van der Waals surface area contributed by atoms with E-state index < -0.39 is 0 Å². The van der Waals surface area contributed by atoms with Gasteiger partial charge < -0.3 is 35.2 Å². The number of rotatable bonds is 4. The summed E-state index contributed by atoms with van der Waals surface area (Å²) in [6, 6.07) is 19.8. The van der Waals surface area contributed by atoms with Crippen LogP contribution in [0.25, 0.3) is 0 Å². The first kappa shape index (κ1) is 18.3. The van der Waals surface area contributed by atoms with Gasteiger partial charge in [-0.15, -0.1) is 5.56 Å². The summed E-state index contributed by atoms with van der Waals surface area (Å²) in [5.74, 6) is 0. The van der Waals surface area contributed by atoms with Crippen LogP contribution in [0.1, 0.15) is 39.3 Å². The fourth-order valence-corrected chi connectivity index (χ4v) is 2.27. The van der Waals surface area contributed by atoms with E-state index in [1.165, 1.54) is 5.56 Å². The molecule has 0 aliphatic heterocycles. The van der Waals surface area contributed by atoms with Gasteiger partial charge in [-0.1, -0.05) is 13.8 Å². The van der Waals surface area contributed by atoms with Gasteiger partial charge in [0.2, 0.25) is 0 Å². The normalized spacial score (nSPS) is 11.7. The van der Waals surface area contributed by atoms with Crippen molar-refractivity contribution in [3.05, 3.63) is 60.2 Å². The summed E-state index contributed by atoms with van der Waals surface area (Å²) >= 11 is 0. The van der Waals surface area contributed by atoms with E-state index in [1.54, 1.807) is 0 Å². The van der Waals surface area contributed by atoms with Gasteiger partial charge in [0.1, 0.15) is 0 Å². The zero-order valence-corrected chi connectivity index (χ0v) is 14.1. The van der Waals surface area contributed by atoms with Crippen LogP contribution in [0.15, 0.2) is 54.6 Å². The maximum absolute atomic E-state index is 2.50. The van der Waals surface area contributed by atoms with Crippen molar-refractivity contribution >= 4 is 0 Å². The molecule has 0 N–H and O–H groups in total. The summed E-state index contributed by atoms with van der Waals surface area (Å²) in [7, 11) is 0. The molecule has 0 radical (unpaired) electrons. The van der Waals surface area contributed by atoms with Crippen LogP contribution < -0.4 is 0 Å². The van der Waals surface area contributed by atoms with E-state index in [4.69, 9.17) is 0 Å². The molecule has 19 heavy (non-hydrogen) atoms. The first-order valence-electron chi connectivity index (χ1n) is 6.80. The summed E-state index contributed by atoms with van der Waals surface area (Å²) in [5.41, 5.74) is 1.43. The van der Waals surface area contributed by atoms with Crippen molar-refractivity contribution < 1.29 is 19.5 Å². The van der Waals surface area contributed by atoms with Crippen molar-refractivity contribution in [1.29, 1.82) is 0 Å². The SMILES string of the molecule is CCN(C(C)C)C(C)[c-]1cccc1.[Ru].[cH-]1[cH-][cH-][cH-][cH-]1. The summed E-state index contributed by atoms with van der Waals surface area (Å²) in [4.78, 5) is 2.50. The first-order chi connectivity index (χ1) is 8.66. The van der Waals surface area contributed by atoms with Gasteiger partial charge in [-0.05, 0) is 26.4 Å². The van der Waals surface area contributed by atoms with E-state index in [1.807, 2.05) is 30.3 Å². The Kier molecular flexibility index (Phi) is 9.74. The first-order valence-corrected chi connectivity index (χ1v) is 6.80. The molecule has 0 heterocycles. The summed E-state index contributed by atoms with van der Waals surface area (Å²) in [6.45, 7) is 10.1. The Morgan fingerprint density at radius 1 is 0.947 bits per heavy atom. The van der Waals surface area contributed by atoms with Crippen molar-refractivity contribution in [2.45, 2.75) is 39.8 Å². The van der Waals surface area contributed by atoms with E-state index >= 15 is 0 Å². The molecular formula is C17H25NRu-6. The molecule has 0 saturated carbocycles. The van der Waals surface area contributed by atoms with Crippen LogP contribution in [0, 0.1) is 0 Å². The maximum atomic E-state index is 2.50. The van der Waals surface area contributed by atoms with Gasteiger partial charge in [-0.25, -0.2) is 12.1 Å². The predicted molar refractivity (Wildman–Crippen MR) is 80.0 cm³/mol. The van der Waals surface area contributed by atoms with Gasteiger partial charge in [0.05, 0.1) is 0 Å². The van der Waals surface area contributed by atoms with Crippen LogP contribution in [0.5, 0.6) is 0 Å². The van der Waals surface area contributed by atoms with Crippen LogP contribution in [-0.4, -0.2) is 17.5 Å². The largest absolute Gasteiger partial charge is 0.748 e. The van der Waals surface area contributed by atoms with Crippen molar-refractivity contribution in [1.82, 2.24) is 4.90 Å². The van der Waals surface area contributed by atoms with Gasteiger partial charge in [0.25, 0.3) is 0 Å². The van der Waals surface area contributed by atoms with Gasteiger partial charge >= 0.3 is 0 Å². The zero-order valence-electron chi connectivity index (χ0n) is 12.4. The summed E-state index contributed by atoms with van der Waals surface area (Å²) in [6.07, 6.45) is 0. The molecule has 2 aromatic carbocycles. The average Bonchev–Trinajstić information content (AvgIpc) is 3.06. The molecule has 0 aliphatic carbocycles. The fourth-order valence-electron chi connectivity index (χ4n) is 2.27. The van der Waals surface area contributed by atoms with E-state index in [-0.39, 0.29) is 19.5 Å². The topological polar surface area (TPSA) is 3.24 Å². The van der Waals surface area contributed by atoms with Crippen LogP contribution in [0.2, 0.25) is 0 Å². The van der Waals surface area contributed by atoms with Gasteiger partial charge in [-0.2, -0.15) is 12.1 Å². The van der Waals surface area contributed by atoms with Crippen molar-refractivity contribution in [3.63, 3.8) is 0 Å². The third kappa shape index (κ3) is 6.32. The third-order valence-corrected chi connectivity index (χ3v) is 3.25. The monoisotopic (exact) mass is 345 g/mol. The fraction of sp³-hybridized carbons (Fsp3) is 0.412. The minimum absolute atomic E-state index is 0. The number of hydrogen-bond acceptors (Lipinski definition) is 1. The molecule has 2 heteroatoms. The van der Waals surface area contributed by atoms with Crippen molar-refractivity contribution in [2.24, 2.45) is 0 Å². The van der Waals surface area contributed by atoms with E-state index in [0.717, 1.165) is 6.54 Å². The molecule has 0 bridgehead atoms. The van der Waals surface area contributed by atoms with Crippen LogP contribution in [-0.2, 0) is 19.5 Å². The predicted octanol–water partition coefficient (Wildman–Crippen LogP) is 4.60. The molecule has 0 amide bonds. The molecule has 1 nitrogen and oxygen atoms in total. The second-order valence-electron chi connectivity index (χ2n) is 4.78. The minimum atomic E-state index is 0.